The second-order valence-corrected chi connectivity index (χ2v) is 12.1. The fraction of sp³-hybridized carbons (Fsp3) is 0.704. The number of carboxylic acids is 1. The molecule has 1 amide bonds. The quantitative estimate of drug-likeness (QED) is 0.638. The summed E-state index contributed by atoms with van der Waals surface area (Å²) in [7, 11) is 0. The van der Waals surface area contributed by atoms with Crippen molar-refractivity contribution in [2.75, 3.05) is 13.2 Å². The van der Waals surface area contributed by atoms with Gasteiger partial charge in [0.15, 0.2) is 0 Å². The lowest BCUT2D eigenvalue weighted by Gasteiger charge is -2.60. The van der Waals surface area contributed by atoms with Gasteiger partial charge in [-0.1, -0.05) is 13.8 Å². The summed E-state index contributed by atoms with van der Waals surface area (Å²) in [5.74, 6) is 1.06. The summed E-state index contributed by atoms with van der Waals surface area (Å²) in [5, 5.41) is 9.44. The highest BCUT2D eigenvalue weighted by Crippen LogP contribution is 2.78. The molecule has 0 aromatic heterocycles. The highest BCUT2D eigenvalue weighted by Gasteiger charge is 2.69. The summed E-state index contributed by atoms with van der Waals surface area (Å²) >= 11 is 0. The van der Waals surface area contributed by atoms with E-state index in [2.05, 4.69) is 0 Å². The van der Waals surface area contributed by atoms with Gasteiger partial charge >= 0.3 is 5.97 Å². The summed E-state index contributed by atoms with van der Waals surface area (Å²) in [4.78, 5) is 25.9. The molecule has 5 nitrogen and oxygen atoms in total. The third-order valence-corrected chi connectivity index (χ3v) is 9.74. The number of benzene rings is 1. The number of hydrogen-bond donors (Lipinski definition) is 1. The number of fused-ring (bicyclic) bond motifs is 1. The molecule has 6 aliphatic rings. The Morgan fingerprint density at radius 2 is 2.06 bits per heavy atom. The topological polar surface area (TPSA) is 66.8 Å². The number of hydrogen-bond acceptors (Lipinski definition) is 3. The molecule has 5 aliphatic carbocycles. The molecule has 0 radical (unpaired) electrons. The van der Waals surface area contributed by atoms with Crippen LogP contribution < -0.4 is 4.74 Å². The van der Waals surface area contributed by atoms with Crippen LogP contribution in [0, 0.1) is 34.4 Å². The van der Waals surface area contributed by atoms with Crippen molar-refractivity contribution in [3.05, 3.63) is 29.1 Å². The first-order chi connectivity index (χ1) is 15.7. The largest absolute Gasteiger partial charge is 0.493 e. The van der Waals surface area contributed by atoms with Gasteiger partial charge in [0.25, 0.3) is 5.91 Å². The zero-order valence-corrected chi connectivity index (χ0v) is 19.6. The highest BCUT2D eigenvalue weighted by molar-refractivity contribution is 5.97. The van der Waals surface area contributed by atoms with Crippen LogP contribution in [0.3, 0.4) is 0 Å². The van der Waals surface area contributed by atoms with Crippen molar-refractivity contribution in [2.24, 2.45) is 28.6 Å². The molecule has 6 atom stereocenters. The molecule has 1 aliphatic heterocycles. The van der Waals surface area contributed by atoms with Gasteiger partial charge in [0.2, 0.25) is 0 Å². The lowest BCUT2D eigenvalue weighted by molar-refractivity contribution is -0.141. The lowest BCUT2D eigenvalue weighted by Crippen LogP contribution is -2.52. The summed E-state index contributed by atoms with van der Waals surface area (Å²) in [6, 6.07) is 2.09. The van der Waals surface area contributed by atoms with Crippen LogP contribution in [0.2, 0.25) is 0 Å². The number of carbonyl (C=O) groups excluding carboxylic acids is 1. The van der Waals surface area contributed by atoms with E-state index in [1.165, 1.54) is 49.5 Å². The van der Waals surface area contributed by atoms with Crippen LogP contribution >= 0.6 is 0 Å². The van der Waals surface area contributed by atoms with Crippen molar-refractivity contribution in [2.45, 2.75) is 77.2 Å². The van der Waals surface area contributed by atoms with E-state index < -0.39 is 23.7 Å². The predicted octanol–water partition coefficient (Wildman–Crippen LogP) is 5.23. The van der Waals surface area contributed by atoms with Gasteiger partial charge in [0.1, 0.15) is 17.6 Å². The number of likely N-dealkylation sites (tertiary alicyclic amines) is 1. The maximum Gasteiger partial charge on any atom is 0.326 e. The van der Waals surface area contributed by atoms with E-state index >= 15 is 4.39 Å². The molecule has 6 fully saturated rings. The summed E-state index contributed by atoms with van der Waals surface area (Å²) < 4.78 is 21.6. The molecule has 6 heteroatoms. The predicted molar refractivity (Wildman–Crippen MR) is 121 cm³/mol. The molecule has 5 unspecified atom stereocenters. The summed E-state index contributed by atoms with van der Waals surface area (Å²) in [6.45, 7) is 5.01. The Hall–Kier alpha value is -2.11. The Morgan fingerprint density at radius 3 is 2.82 bits per heavy atom. The van der Waals surface area contributed by atoms with Gasteiger partial charge in [-0.05, 0) is 92.1 Å². The summed E-state index contributed by atoms with van der Waals surface area (Å²) in [6.07, 6.45) is 9.00. The number of carboxylic acid groups (broad SMARTS) is 1. The number of amides is 1. The second-order valence-electron chi connectivity index (χ2n) is 12.1. The lowest BCUT2D eigenvalue weighted by atomic mass is 9.44. The average molecular weight is 456 g/mol. The van der Waals surface area contributed by atoms with E-state index in [0.717, 1.165) is 23.3 Å². The molecule has 5 saturated carbocycles. The van der Waals surface area contributed by atoms with Crippen molar-refractivity contribution in [3.63, 3.8) is 0 Å². The summed E-state index contributed by atoms with van der Waals surface area (Å²) in [5.41, 5.74) is 1.57. The molecule has 1 N–H and O–H groups in total. The normalized spacial score (nSPS) is 38.0. The van der Waals surface area contributed by atoms with Crippen LogP contribution in [0.25, 0.3) is 0 Å². The molecule has 1 spiro atoms. The van der Waals surface area contributed by atoms with Gasteiger partial charge in [-0.3, -0.25) is 4.79 Å². The molecule has 1 aromatic carbocycles. The SMILES string of the molecule is CC(C)c1cc(C(=O)N2CCC[C@H]2C(=O)O)c(F)cc1OCC12CC3CC4CC(C3)(C1)C4C2. The third kappa shape index (κ3) is 3.15. The van der Waals surface area contributed by atoms with E-state index in [4.69, 9.17) is 4.74 Å². The fourth-order valence-corrected chi connectivity index (χ4v) is 8.72. The van der Waals surface area contributed by atoms with Crippen molar-refractivity contribution in [3.8, 4) is 5.75 Å². The number of nitrogens with zero attached hydrogens (tertiary/aromatic N) is 1. The maximum atomic E-state index is 15.2. The number of rotatable bonds is 6. The third-order valence-electron chi connectivity index (χ3n) is 9.74. The highest BCUT2D eigenvalue weighted by atomic mass is 19.1. The van der Waals surface area contributed by atoms with Crippen LogP contribution in [-0.4, -0.2) is 41.1 Å². The van der Waals surface area contributed by atoms with Crippen LogP contribution in [0.4, 0.5) is 4.39 Å². The van der Waals surface area contributed by atoms with Gasteiger partial charge in [0, 0.05) is 18.0 Å². The standard InChI is InChI=1S/C27H34FNO4/c1-15(2)18-7-19(24(30)29-5-3-4-22(29)25(31)32)21(28)8-23(18)33-14-26-9-16-6-17-11-27(10-16,13-26)20(17)12-26/h7-8,15-17,20,22H,3-6,9-14H2,1-2H3,(H,31,32)/t16?,17?,20?,22-,26?,27?/m0/s1. The molecule has 178 valence electrons. The van der Waals surface area contributed by atoms with Crippen LogP contribution in [-0.2, 0) is 4.79 Å². The molecule has 1 aromatic rings. The first-order valence-corrected chi connectivity index (χ1v) is 12.7. The van der Waals surface area contributed by atoms with Gasteiger partial charge < -0.3 is 14.7 Å². The Bertz CT molecular complexity index is 1020. The smallest absolute Gasteiger partial charge is 0.326 e. The second kappa shape index (κ2) is 7.19. The van der Waals surface area contributed by atoms with E-state index in [1.807, 2.05) is 13.8 Å². The fourth-order valence-electron chi connectivity index (χ4n) is 8.72. The van der Waals surface area contributed by atoms with E-state index in [1.54, 1.807) is 6.07 Å². The molecule has 1 heterocycles. The van der Waals surface area contributed by atoms with E-state index in [9.17, 15) is 14.7 Å². The van der Waals surface area contributed by atoms with Crippen LogP contribution in [0.15, 0.2) is 12.1 Å². The number of halogens is 1. The molecular weight excluding hydrogens is 421 g/mol. The van der Waals surface area contributed by atoms with E-state index in [-0.39, 0.29) is 16.9 Å². The van der Waals surface area contributed by atoms with Crippen molar-refractivity contribution in [1.82, 2.24) is 4.90 Å². The minimum atomic E-state index is -1.03. The zero-order chi connectivity index (χ0) is 23.1. The van der Waals surface area contributed by atoms with E-state index in [0.29, 0.717) is 37.2 Å². The van der Waals surface area contributed by atoms with Gasteiger partial charge in [-0.25, -0.2) is 9.18 Å². The first-order valence-electron chi connectivity index (χ1n) is 12.7. The Balaban J connectivity index is 1.24. The minimum Gasteiger partial charge on any atom is -0.493 e. The number of ether oxygens (including phenoxy) is 1. The van der Waals surface area contributed by atoms with Crippen LogP contribution in [0.1, 0.15) is 87.1 Å². The monoisotopic (exact) mass is 455 g/mol. The van der Waals surface area contributed by atoms with Gasteiger partial charge in [0.05, 0.1) is 12.2 Å². The Kier molecular flexibility index (Phi) is 4.67. The zero-order valence-electron chi connectivity index (χ0n) is 19.6. The molecule has 33 heavy (non-hydrogen) atoms. The van der Waals surface area contributed by atoms with Gasteiger partial charge in [-0.2, -0.15) is 0 Å². The number of aliphatic carboxylic acids is 1. The molecule has 7 rings (SSSR count). The van der Waals surface area contributed by atoms with Gasteiger partial charge in [-0.15, -0.1) is 0 Å². The Labute approximate surface area is 194 Å². The van der Waals surface area contributed by atoms with Crippen LogP contribution in [0.5, 0.6) is 5.75 Å². The van der Waals surface area contributed by atoms with Crippen molar-refractivity contribution < 1.29 is 23.8 Å². The van der Waals surface area contributed by atoms with Crippen molar-refractivity contribution in [1.29, 1.82) is 0 Å². The minimum absolute atomic E-state index is 0.0475. The van der Waals surface area contributed by atoms with Crippen molar-refractivity contribution >= 4 is 11.9 Å². The molecule has 4 bridgehead atoms. The first kappa shape index (κ1) is 21.4. The molecule has 1 saturated heterocycles. The maximum absolute atomic E-state index is 15.2. The number of carbonyl (C=O) groups is 2. The molecular formula is C27H34FNO4. The Morgan fingerprint density at radius 1 is 1.24 bits per heavy atom. The average Bonchev–Trinajstić information content (AvgIpc) is 3.29.